The van der Waals surface area contributed by atoms with Gasteiger partial charge in [-0.1, -0.05) is 31.5 Å². The highest BCUT2D eigenvalue weighted by Gasteiger charge is 2.23. The fraction of sp³-hybridized carbons (Fsp3) is 0.529. The lowest BCUT2D eigenvalue weighted by Gasteiger charge is -2.37. The predicted molar refractivity (Wildman–Crippen MR) is 94.1 cm³/mol. The van der Waals surface area contributed by atoms with Crippen LogP contribution in [0.2, 0.25) is 5.02 Å². The summed E-state index contributed by atoms with van der Waals surface area (Å²) in [5.41, 5.74) is 1.59. The molecule has 2 rings (SSSR count). The SMILES string of the molecule is CCCC(=O)Nc1cccc(Cl)c1N1CCN(C(=O)CC)CC1. The van der Waals surface area contributed by atoms with Gasteiger partial charge in [0.05, 0.1) is 16.4 Å². The first-order valence-electron chi connectivity index (χ1n) is 8.17. The van der Waals surface area contributed by atoms with Crippen LogP contribution in [0.4, 0.5) is 11.4 Å². The molecule has 0 aliphatic carbocycles. The molecule has 0 aromatic heterocycles. The lowest BCUT2D eigenvalue weighted by molar-refractivity contribution is -0.131. The first-order valence-corrected chi connectivity index (χ1v) is 8.55. The van der Waals surface area contributed by atoms with Crippen molar-refractivity contribution in [2.45, 2.75) is 33.1 Å². The highest BCUT2D eigenvalue weighted by Crippen LogP contribution is 2.34. The highest BCUT2D eigenvalue weighted by atomic mass is 35.5. The molecule has 0 saturated carbocycles. The Bertz CT molecular complexity index is 569. The minimum absolute atomic E-state index is 0.00388. The van der Waals surface area contributed by atoms with Gasteiger partial charge < -0.3 is 15.1 Å². The predicted octanol–water partition coefficient (Wildman–Crippen LogP) is 3.14. The van der Waals surface area contributed by atoms with E-state index >= 15 is 0 Å². The van der Waals surface area contributed by atoms with Crippen LogP contribution in [0.1, 0.15) is 33.1 Å². The Kier molecular flexibility index (Phi) is 6.28. The second kappa shape index (κ2) is 8.20. The summed E-state index contributed by atoms with van der Waals surface area (Å²) in [6.45, 7) is 6.64. The summed E-state index contributed by atoms with van der Waals surface area (Å²) in [7, 11) is 0. The molecule has 0 unspecified atom stereocenters. The molecule has 0 radical (unpaired) electrons. The van der Waals surface area contributed by atoms with Crippen LogP contribution >= 0.6 is 11.6 Å². The van der Waals surface area contributed by atoms with Gasteiger partial charge in [-0.15, -0.1) is 0 Å². The van der Waals surface area contributed by atoms with Crippen molar-refractivity contribution in [3.05, 3.63) is 23.2 Å². The topological polar surface area (TPSA) is 52.7 Å². The number of halogens is 1. The summed E-state index contributed by atoms with van der Waals surface area (Å²) < 4.78 is 0. The number of para-hydroxylation sites is 1. The van der Waals surface area contributed by atoms with Gasteiger partial charge in [0, 0.05) is 39.0 Å². The van der Waals surface area contributed by atoms with Gasteiger partial charge in [-0.3, -0.25) is 9.59 Å². The van der Waals surface area contributed by atoms with Crippen molar-refractivity contribution in [1.82, 2.24) is 4.90 Å². The van der Waals surface area contributed by atoms with E-state index in [2.05, 4.69) is 10.2 Å². The molecule has 23 heavy (non-hydrogen) atoms. The first kappa shape index (κ1) is 17.6. The second-order valence-electron chi connectivity index (χ2n) is 5.66. The molecule has 1 aromatic carbocycles. The molecule has 0 atom stereocenters. The Balaban J connectivity index is 2.13. The third kappa shape index (κ3) is 4.38. The van der Waals surface area contributed by atoms with E-state index in [-0.39, 0.29) is 11.8 Å². The van der Waals surface area contributed by atoms with Crippen LogP contribution in [-0.2, 0) is 9.59 Å². The second-order valence-corrected chi connectivity index (χ2v) is 6.06. The Labute approximate surface area is 142 Å². The summed E-state index contributed by atoms with van der Waals surface area (Å²) in [5.74, 6) is 0.177. The number of hydrogen-bond donors (Lipinski definition) is 1. The number of amides is 2. The van der Waals surface area contributed by atoms with Crippen LogP contribution in [-0.4, -0.2) is 42.9 Å². The van der Waals surface area contributed by atoms with E-state index in [1.54, 1.807) is 0 Å². The zero-order valence-electron chi connectivity index (χ0n) is 13.8. The van der Waals surface area contributed by atoms with E-state index in [1.165, 1.54) is 0 Å². The van der Waals surface area contributed by atoms with Crippen molar-refractivity contribution in [1.29, 1.82) is 0 Å². The number of nitrogens with one attached hydrogen (secondary N) is 1. The van der Waals surface area contributed by atoms with Crippen molar-refractivity contribution in [2.75, 3.05) is 36.4 Å². The first-order chi connectivity index (χ1) is 11.1. The van der Waals surface area contributed by atoms with Gasteiger partial charge in [-0.2, -0.15) is 0 Å². The average molecular weight is 338 g/mol. The van der Waals surface area contributed by atoms with Crippen molar-refractivity contribution in [2.24, 2.45) is 0 Å². The lowest BCUT2D eigenvalue weighted by atomic mass is 10.2. The van der Waals surface area contributed by atoms with Crippen LogP contribution in [0.15, 0.2) is 18.2 Å². The standard InChI is InChI=1S/C17H24ClN3O2/c1-3-6-15(22)19-14-8-5-7-13(18)17(14)21-11-9-20(10-12-21)16(23)4-2/h5,7-8H,3-4,6,9-12H2,1-2H3,(H,19,22). The molecule has 5 nitrogen and oxygen atoms in total. The monoisotopic (exact) mass is 337 g/mol. The summed E-state index contributed by atoms with van der Waals surface area (Å²) in [4.78, 5) is 27.7. The minimum atomic E-state index is -0.00388. The molecule has 1 saturated heterocycles. The number of carbonyl (C=O) groups is 2. The molecule has 1 aromatic rings. The van der Waals surface area contributed by atoms with E-state index in [0.29, 0.717) is 44.0 Å². The normalized spacial score (nSPS) is 14.7. The number of nitrogens with zero attached hydrogens (tertiary/aromatic N) is 2. The van der Waals surface area contributed by atoms with Crippen LogP contribution in [0.25, 0.3) is 0 Å². The van der Waals surface area contributed by atoms with Crippen LogP contribution in [0.3, 0.4) is 0 Å². The maximum atomic E-state index is 11.9. The Morgan fingerprint density at radius 3 is 2.48 bits per heavy atom. The van der Waals surface area contributed by atoms with E-state index in [0.717, 1.165) is 17.8 Å². The number of carbonyl (C=O) groups excluding carboxylic acids is 2. The number of anilines is 2. The lowest BCUT2D eigenvalue weighted by Crippen LogP contribution is -2.48. The van der Waals surface area contributed by atoms with E-state index in [1.807, 2.05) is 36.9 Å². The maximum Gasteiger partial charge on any atom is 0.224 e. The van der Waals surface area contributed by atoms with Gasteiger partial charge in [0.25, 0.3) is 0 Å². The zero-order chi connectivity index (χ0) is 16.8. The van der Waals surface area contributed by atoms with Crippen molar-refractivity contribution < 1.29 is 9.59 Å². The fourth-order valence-corrected chi connectivity index (χ4v) is 3.07. The summed E-state index contributed by atoms with van der Waals surface area (Å²) in [6.07, 6.45) is 1.83. The van der Waals surface area contributed by atoms with E-state index in [9.17, 15) is 9.59 Å². The fourth-order valence-electron chi connectivity index (χ4n) is 2.78. The van der Waals surface area contributed by atoms with Crippen LogP contribution in [0, 0.1) is 0 Å². The van der Waals surface area contributed by atoms with Gasteiger partial charge in [-0.05, 0) is 18.6 Å². The Morgan fingerprint density at radius 1 is 1.17 bits per heavy atom. The van der Waals surface area contributed by atoms with Gasteiger partial charge in [0.2, 0.25) is 11.8 Å². The number of hydrogen-bond acceptors (Lipinski definition) is 3. The molecular formula is C17H24ClN3O2. The molecule has 1 fully saturated rings. The van der Waals surface area contributed by atoms with E-state index in [4.69, 9.17) is 11.6 Å². The number of benzene rings is 1. The molecule has 1 heterocycles. The molecule has 1 aliphatic heterocycles. The number of rotatable bonds is 5. The molecule has 0 spiro atoms. The average Bonchev–Trinajstić information content (AvgIpc) is 2.55. The molecule has 126 valence electrons. The third-order valence-corrected chi connectivity index (χ3v) is 4.29. The zero-order valence-corrected chi connectivity index (χ0v) is 14.5. The minimum Gasteiger partial charge on any atom is -0.365 e. The Morgan fingerprint density at radius 2 is 1.87 bits per heavy atom. The largest absolute Gasteiger partial charge is 0.365 e. The molecule has 6 heteroatoms. The summed E-state index contributed by atoms with van der Waals surface area (Å²) >= 11 is 6.38. The highest BCUT2D eigenvalue weighted by molar-refractivity contribution is 6.34. The van der Waals surface area contributed by atoms with Crippen LogP contribution in [0.5, 0.6) is 0 Å². The quantitative estimate of drug-likeness (QED) is 0.898. The molecule has 2 amide bonds. The van der Waals surface area contributed by atoms with Crippen molar-refractivity contribution in [3.63, 3.8) is 0 Å². The maximum absolute atomic E-state index is 11.9. The van der Waals surface area contributed by atoms with Gasteiger partial charge >= 0.3 is 0 Å². The van der Waals surface area contributed by atoms with E-state index < -0.39 is 0 Å². The smallest absolute Gasteiger partial charge is 0.224 e. The van der Waals surface area contributed by atoms with Crippen molar-refractivity contribution >= 4 is 34.8 Å². The molecule has 1 N–H and O–H groups in total. The van der Waals surface area contributed by atoms with Gasteiger partial charge in [0.15, 0.2) is 0 Å². The molecule has 0 bridgehead atoms. The van der Waals surface area contributed by atoms with Crippen molar-refractivity contribution in [3.8, 4) is 0 Å². The van der Waals surface area contributed by atoms with Gasteiger partial charge in [-0.25, -0.2) is 0 Å². The summed E-state index contributed by atoms with van der Waals surface area (Å²) in [5, 5.41) is 3.57. The van der Waals surface area contributed by atoms with Crippen LogP contribution < -0.4 is 10.2 Å². The van der Waals surface area contributed by atoms with Gasteiger partial charge in [0.1, 0.15) is 0 Å². The summed E-state index contributed by atoms with van der Waals surface area (Å²) in [6, 6.07) is 5.54. The number of piperazine rings is 1. The Hall–Kier alpha value is -1.75. The molecular weight excluding hydrogens is 314 g/mol. The molecule has 1 aliphatic rings. The third-order valence-electron chi connectivity index (χ3n) is 3.99.